The van der Waals surface area contributed by atoms with Crippen molar-refractivity contribution in [3.63, 3.8) is 0 Å². The highest BCUT2D eigenvalue weighted by molar-refractivity contribution is 6.07. The molecule has 0 aliphatic carbocycles. The Morgan fingerprint density at radius 2 is 1.00 bits per heavy atom. The highest BCUT2D eigenvalue weighted by atomic mass is 16.3. The van der Waals surface area contributed by atoms with Crippen LogP contribution in [0.3, 0.4) is 0 Å². The molecule has 9 aromatic rings. The standard InChI is InChI=1S/C42H27N3O/c1-3-12-28(13-4-1)32-16-11-17-33(26-32)36-27-35(43-41(44-36)31-14-5-2-6-15-31)29-22-24-30(25-23-29)40-34-18-7-8-19-37(34)45-38-20-9-10-21-39(38)46-42(40)45/h1-27H. The summed E-state index contributed by atoms with van der Waals surface area (Å²) < 4.78 is 8.67. The van der Waals surface area contributed by atoms with Crippen LogP contribution in [0, 0.1) is 0 Å². The van der Waals surface area contributed by atoms with Crippen LogP contribution in [0.1, 0.15) is 0 Å². The largest absolute Gasteiger partial charge is 0.438 e. The lowest BCUT2D eigenvalue weighted by Crippen LogP contribution is -1.96. The van der Waals surface area contributed by atoms with Gasteiger partial charge in [0, 0.05) is 22.1 Å². The van der Waals surface area contributed by atoms with E-state index in [-0.39, 0.29) is 0 Å². The van der Waals surface area contributed by atoms with Crippen LogP contribution < -0.4 is 0 Å². The first-order valence-corrected chi connectivity index (χ1v) is 15.4. The number of oxazole rings is 1. The Labute approximate surface area is 265 Å². The van der Waals surface area contributed by atoms with Gasteiger partial charge in [-0.15, -0.1) is 0 Å². The molecule has 0 amide bonds. The minimum atomic E-state index is 0.699. The van der Waals surface area contributed by atoms with E-state index >= 15 is 0 Å². The number of benzene rings is 6. The second-order valence-electron chi connectivity index (χ2n) is 11.5. The first-order valence-electron chi connectivity index (χ1n) is 15.4. The van der Waals surface area contributed by atoms with E-state index in [2.05, 4.69) is 132 Å². The number of aromatic nitrogens is 3. The molecule has 4 heteroatoms. The summed E-state index contributed by atoms with van der Waals surface area (Å²) in [7, 11) is 0. The summed E-state index contributed by atoms with van der Waals surface area (Å²) >= 11 is 0. The monoisotopic (exact) mass is 589 g/mol. The van der Waals surface area contributed by atoms with Crippen molar-refractivity contribution < 1.29 is 4.42 Å². The van der Waals surface area contributed by atoms with Crippen LogP contribution >= 0.6 is 0 Å². The number of hydrogen-bond acceptors (Lipinski definition) is 3. The molecule has 0 spiro atoms. The number of nitrogens with zero attached hydrogens (tertiary/aromatic N) is 3. The maximum atomic E-state index is 6.45. The van der Waals surface area contributed by atoms with Gasteiger partial charge >= 0.3 is 0 Å². The van der Waals surface area contributed by atoms with Crippen LogP contribution in [0.4, 0.5) is 0 Å². The number of fused-ring (bicyclic) bond motifs is 5. The topological polar surface area (TPSA) is 43.3 Å². The van der Waals surface area contributed by atoms with Gasteiger partial charge in [-0.25, -0.2) is 9.97 Å². The SMILES string of the molecule is c1ccc(-c2cccc(-c3cc(-c4ccc(-c5c6ccccc6n6c5oc5ccccc56)cc4)nc(-c4ccccc4)n3)c2)cc1. The molecule has 46 heavy (non-hydrogen) atoms. The lowest BCUT2D eigenvalue weighted by Gasteiger charge is -2.11. The molecule has 216 valence electrons. The van der Waals surface area contributed by atoms with Gasteiger partial charge in [0.1, 0.15) is 0 Å². The quantitative estimate of drug-likeness (QED) is 0.201. The smallest absolute Gasteiger partial charge is 0.213 e. The molecule has 4 nitrogen and oxygen atoms in total. The van der Waals surface area contributed by atoms with E-state index in [1.165, 1.54) is 5.56 Å². The summed E-state index contributed by atoms with van der Waals surface area (Å²) in [6.07, 6.45) is 0. The Kier molecular flexibility index (Phi) is 6.10. The lowest BCUT2D eigenvalue weighted by molar-refractivity contribution is 0.658. The molecule has 3 aromatic heterocycles. The van der Waals surface area contributed by atoms with Crippen molar-refractivity contribution in [2.45, 2.75) is 0 Å². The van der Waals surface area contributed by atoms with Gasteiger partial charge < -0.3 is 4.42 Å². The number of para-hydroxylation sites is 3. The first kappa shape index (κ1) is 26.2. The summed E-state index contributed by atoms with van der Waals surface area (Å²) in [5.41, 5.74) is 13.2. The predicted octanol–water partition coefficient (Wildman–Crippen LogP) is 11.0. The molecule has 0 aliphatic heterocycles. The molecular formula is C42H27N3O. The molecule has 0 unspecified atom stereocenters. The van der Waals surface area contributed by atoms with Gasteiger partial charge in [0.05, 0.1) is 28.0 Å². The summed E-state index contributed by atoms with van der Waals surface area (Å²) in [6, 6.07) is 56.6. The van der Waals surface area contributed by atoms with E-state index in [1.807, 2.05) is 36.4 Å². The maximum absolute atomic E-state index is 6.45. The number of rotatable bonds is 5. The average molecular weight is 590 g/mol. The minimum Gasteiger partial charge on any atom is -0.438 e. The third-order valence-electron chi connectivity index (χ3n) is 8.64. The van der Waals surface area contributed by atoms with E-state index in [0.29, 0.717) is 5.82 Å². The molecule has 0 aliphatic rings. The van der Waals surface area contributed by atoms with Crippen molar-refractivity contribution in [3.8, 4) is 56.2 Å². The third-order valence-corrected chi connectivity index (χ3v) is 8.64. The van der Waals surface area contributed by atoms with Crippen molar-refractivity contribution in [3.05, 3.63) is 164 Å². The van der Waals surface area contributed by atoms with Gasteiger partial charge in [-0.05, 0) is 47.0 Å². The van der Waals surface area contributed by atoms with Crippen LogP contribution in [0.2, 0.25) is 0 Å². The van der Waals surface area contributed by atoms with Crippen LogP contribution in [-0.2, 0) is 0 Å². The molecule has 0 fully saturated rings. The highest BCUT2D eigenvalue weighted by Crippen LogP contribution is 2.40. The van der Waals surface area contributed by atoms with Crippen molar-refractivity contribution >= 4 is 27.7 Å². The van der Waals surface area contributed by atoms with Crippen LogP contribution in [0.5, 0.6) is 0 Å². The zero-order valence-corrected chi connectivity index (χ0v) is 24.8. The lowest BCUT2D eigenvalue weighted by atomic mass is 9.99. The molecule has 3 heterocycles. The Morgan fingerprint density at radius 3 is 1.78 bits per heavy atom. The molecule has 0 bridgehead atoms. The highest BCUT2D eigenvalue weighted by Gasteiger charge is 2.19. The molecule has 9 rings (SSSR count). The number of hydrogen-bond donors (Lipinski definition) is 0. The van der Waals surface area contributed by atoms with E-state index in [4.69, 9.17) is 14.4 Å². The molecule has 0 atom stereocenters. The maximum Gasteiger partial charge on any atom is 0.213 e. The average Bonchev–Trinajstić information content (AvgIpc) is 3.67. The molecule has 0 N–H and O–H groups in total. The normalized spacial score (nSPS) is 11.5. The Balaban J connectivity index is 1.18. The summed E-state index contributed by atoms with van der Waals surface area (Å²) in [4.78, 5) is 10.1. The van der Waals surface area contributed by atoms with Gasteiger partial charge in [-0.1, -0.05) is 133 Å². The van der Waals surface area contributed by atoms with Crippen molar-refractivity contribution in [2.24, 2.45) is 0 Å². The van der Waals surface area contributed by atoms with E-state index in [0.717, 1.165) is 72.5 Å². The van der Waals surface area contributed by atoms with Crippen molar-refractivity contribution in [1.82, 2.24) is 14.4 Å². The van der Waals surface area contributed by atoms with Gasteiger partial charge in [-0.2, -0.15) is 0 Å². The van der Waals surface area contributed by atoms with E-state index in [9.17, 15) is 0 Å². The second kappa shape index (κ2) is 10.7. The van der Waals surface area contributed by atoms with Crippen LogP contribution in [0.15, 0.2) is 168 Å². The van der Waals surface area contributed by atoms with Crippen LogP contribution in [-0.4, -0.2) is 14.4 Å². The Bertz CT molecular complexity index is 2510. The molecule has 0 saturated heterocycles. The molecule has 0 saturated carbocycles. The van der Waals surface area contributed by atoms with Gasteiger partial charge in [-0.3, -0.25) is 4.40 Å². The molecular weight excluding hydrogens is 562 g/mol. The van der Waals surface area contributed by atoms with E-state index in [1.54, 1.807) is 0 Å². The molecule has 0 radical (unpaired) electrons. The van der Waals surface area contributed by atoms with Crippen molar-refractivity contribution in [2.75, 3.05) is 0 Å². The van der Waals surface area contributed by atoms with Gasteiger partial charge in [0.2, 0.25) is 5.71 Å². The first-order chi connectivity index (χ1) is 22.8. The zero-order chi connectivity index (χ0) is 30.5. The zero-order valence-electron chi connectivity index (χ0n) is 24.8. The minimum absolute atomic E-state index is 0.699. The van der Waals surface area contributed by atoms with Crippen molar-refractivity contribution in [1.29, 1.82) is 0 Å². The summed E-state index contributed by atoms with van der Waals surface area (Å²) in [5, 5.41) is 1.16. The summed E-state index contributed by atoms with van der Waals surface area (Å²) in [6.45, 7) is 0. The Morgan fingerprint density at radius 1 is 0.413 bits per heavy atom. The second-order valence-corrected chi connectivity index (χ2v) is 11.5. The van der Waals surface area contributed by atoms with Gasteiger partial charge in [0.15, 0.2) is 11.4 Å². The fraction of sp³-hybridized carbons (Fsp3) is 0. The molecule has 6 aromatic carbocycles. The van der Waals surface area contributed by atoms with Crippen LogP contribution in [0.25, 0.3) is 83.9 Å². The fourth-order valence-electron chi connectivity index (χ4n) is 6.42. The Hall–Kier alpha value is -6.26. The predicted molar refractivity (Wildman–Crippen MR) is 187 cm³/mol. The van der Waals surface area contributed by atoms with Gasteiger partial charge in [0.25, 0.3) is 0 Å². The third kappa shape index (κ3) is 4.39. The van der Waals surface area contributed by atoms with E-state index < -0.39 is 0 Å². The fourth-order valence-corrected chi connectivity index (χ4v) is 6.42. The summed E-state index contributed by atoms with van der Waals surface area (Å²) in [5.74, 6) is 0.699.